The van der Waals surface area contributed by atoms with Gasteiger partial charge in [0.15, 0.2) is 5.78 Å². The van der Waals surface area contributed by atoms with Gasteiger partial charge in [-0.2, -0.15) is 0 Å². The van der Waals surface area contributed by atoms with Gasteiger partial charge in [0.05, 0.1) is 18.2 Å². The lowest BCUT2D eigenvalue weighted by Gasteiger charge is -2.38. The molecular weight excluding hydrogens is 380 g/mol. The van der Waals surface area contributed by atoms with Crippen molar-refractivity contribution in [3.63, 3.8) is 0 Å². The van der Waals surface area contributed by atoms with Crippen molar-refractivity contribution in [1.82, 2.24) is 9.88 Å². The molecule has 0 amide bonds. The van der Waals surface area contributed by atoms with Crippen LogP contribution in [0.5, 0.6) is 5.75 Å². The number of esters is 1. The molecule has 0 radical (unpaired) electrons. The van der Waals surface area contributed by atoms with Crippen molar-refractivity contribution in [2.75, 3.05) is 13.7 Å². The first-order valence-electron chi connectivity index (χ1n) is 9.78. The van der Waals surface area contributed by atoms with Gasteiger partial charge in [0.1, 0.15) is 11.8 Å². The largest absolute Gasteiger partial charge is 0.507 e. The van der Waals surface area contributed by atoms with E-state index < -0.39 is 5.97 Å². The molecular formula is C24H20N2O4. The monoisotopic (exact) mass is 400 g/mol. The minimum atomic E-state index is -0.479. The van der Waals surface area contributed by atoms with Crippen LogP contribution in [0.25, 0.3) is 10.9 Å². The second kappa shape index (κ2) is 6.91. The van der Waals surface area contributed by atoms with Crippen LogP contribution in [0.15, 0.2) is 72.0 Å². The van der Waals surface area contributed by atoms with Crippen molar-refractivity contribution in [2.45, 2.75) is 12.5 Å². The number of fused-ring (bicyclic) bond motifs is 5. The number of ether oxygens (including phenoxy) is 1. The number of aromatic hydroxyl groups is 1. The second-order valence-electron chi connectivity index (χ2n) is 7.48. The fourth-order valence-corrected chi connectivity index (χ4v) is 4.43. The summed E-state index contributed by atoms with van der Waals surface area (Å²) in [6.45, 7) is 0.658. The third-order valence-electron chi connectivity index (χ3n) is 5.81. The van der Waals surface area contributed by atoms with E-state index in [4.69, 9.17) is 4.74 Å². The summed E-state index contributed by atoms with van der Waals surface area (Å²) in [7, 11) is 1.34. The van der Waals surface area contributed by atoms with Crippen LogP contribution in [0.3, 0.4) is 0 Å². The zero-order valence-electron chi connectivity index (χ0n) is 16.4. The lowest BCUT2D eigenvalue weighted by Crippen LogP contribution is -2.37. The quantitative estimate of drug-likeness (QED) is 0.518. The molecule has 2 aliphatic heterocycles. The van der Waals surface area contributed by atoms with Crippen molar-refractivity contribution in [3.05, 3.63) is 88.8 Å². The van der Waals surface area contributed by atoms with E-state index >= 15 is 0 Å². The van der Waals surface area contributed by atoms with Crippen molar-refractivity contribution < 1.29 is 19.4 Å². The van der Waals surface area contributed by atoms with Crippen LogP contribution in [0.2, 0.25) is 0 Å². The molecule has 2 aliphatic rings. The van der Waals surface area contributed by atoms with Gasteiger partial charge in [0.2, 0.25) is 0 Å². The first-order chi connectivity index (χ1) is 14.6. The summed E-state index contributed by atoms with van der Waals surface area (Å²) < 4.78 is 5.05. The number of aromatic amines is 1. The number of H-pyrrole nitrogens is 1. The smallest absolute Gasteiger partial charge is 0.336 e. The minimum Gasteiger partial charge on any atom is -0.507 e. The molecule has 3 aromatic rings. The number of hydrogen-bond acceptors (Lipinski definition) is 5. The van der Waals surface area contributed by atoms with Crippen LogP contribution in [-0.2, 0) is 16.0 Å². The summed E-state index contributed by atoms with van der Waals surface area (Å²) in [5.41, 5.74) is 4.09. The molecule has 150 valence electrons. The van der Waals surface area contributed by atoms with Crippen LogP contribution >= 0.6 is 0 Å². The Labute approximate surface area is 173 Å². The standard InChI is InChI=1S/C24H20N2O4/c1-30-24(29)18-12-14(23(28)17-7-3-5-9-20(17)27)13-26-11-10-16-15-6-2-4-8-19(15)25-21(16)22(18)26/h2-9,12-13,22,25,27H,10-11H2,1H3. The van der Waals surface area contributed by atoms with Gasteiger partial charge >= 0.3 is 5.97 Å². The Morgan fingerprint density at radius 1 is 1.13 bits per heavy atom. The zero-order valence-corrected chi connectivity index (χ0v) is 16.4. The number of carbonyl (C=O) groups excluding carboxylic acids is 2. The normalized spacial score (nSPS) is 17.6. The number of hydrogen-bond donors (Lipinski definition) is 2. The van der Waals surface area contributed by atoms with Crippen LogP contribution < -0.4 is 0 Å². The predicted octanol–water partition coefficient (Wildman–Crippen LogP) is 3.65. The second-order valence-corrected chi connectivity index (χ2v) is 7.48. The number of benzene rings is 2. The summed E-state index contributed by atoms with van der Waals surface area (Å²) in [5, 5.41) is 11.2. The number of aromatic nitrogens is 1. The molecule has 5 rings (SSSR count). The molecule has 6 heteroatoms. The molecule has 2 N–H and O–H groups in total. The number of para-hydroxylation sites is 2. The van der Waals surface area contributed by atoms with Crippen LogP contribution in [-0.4, -0.2) is 40.4 Å². The number of phenols is 1. The van der Waals surface area contributed by atoms with E-state index in [9.17, 15) is 14.7 Å². The zero-order chi connectivity index (χ0) is 20.8. The van der Waals surface area contributed by atoms with E-state index in [1.807, 2.05) is 23.1 Å². The van der Waals surface area contributed by atoms with Gasteiger partial charge in [-0.25, -0.2) is 4.79 Å². The highest BCUT2D eigenvalue weighted by molar-refractivity contribution is 6.13. The Balaban J connectivity index is 1.63. The molecule has 0 saturated carbocycles. The fourth-order valence-electron chi connectivity index (χ4n) is 4.43. The Hall–Kier alpha value is -3.80. The lowest BCUT2D eigenvalue weighted by atomic mass is 9.87. The average Bonchev–Trinajstić information content (AvgIpc) is 3.16. The maximum Gasteiger partial charge on any atom is 0.336 e. The molecule has 0 spiro atoms. The molecule has 30 heavy (non-hydrogen) atoms. The van der Waals surface area contributed by atoms with E-state index in [1.165, 1.54) is 18.7 Å². The van der Waals surface area contributed by atoms with Gasteiger partial charge in [0, 0.05) is 34.9 Å². The first kappa shape index (κ1) is 18.2. The number of rotatable bonds is 3. The van der Waals surface area contributed by atoms with E-state index in [-0.39, 0.29) is 23.1 Å². The van der Waals surface area contributed by atoms with Crippen molar-refractivity contribution in [3.8, 4) is 5.75 Å². The third-order valence-corrected chi connectivity index (χ3v) is 5.81. The number of Topliss-reactive ketones (excluding diaryl/α,β-unsaturated/α-hetero) is 1. The molecule has 2 aromatic carbocycles. The van der Waals surface area contributed by atoms with E-state index in [1.54, 1.807) is 30.5 Å². The number of carbonyl (C=O) groups is 2. The highest BCUT2D eigenvalue weighted by atomic mass is 16.5. The van der Waals surface area contributed by atoms with E-state index in [2.05, 4.69) is 11.1 Å². The molecule has 0 bridgehead atoms. The highest BCUT2D eigenvalue weighted by Gasteiger charge is 2.38. The van der Waals surface area contributed by atoms with Crippen molar-refractivity contribution in [2.24, 2.45) is 0 Å². The first-order valence-corrected chi connectivity index (χ1v) is 9.78. The van der Waals surface area contributed by atoms with Crippen LogP contribution in [0.4, 0.5) is 0 Å². The van der Waals surface area contributed by atoms with Crippen molar-refractivity contribution in [1.29, 1.82) is 0 Å². The van der Waals surface area contributed by atoms with Crippen molar-refractivity contribution >= 4 is 22.7 Å². The molecule has 6 nitrogen and oxygen atoms in total. The average molecular weight is 400 g/mol. The Kier molecular flexibility index (Phi) is 4.20. The van der Waals surface area contributed by atoms with Gasteiger partial charge in [-0.15, -0.1) is 0 Å². The molecule has 0 aliphatic carbocycles. The highest BCUT2D eigenvalue weighted by Crippen LogP contribution is 2.42. The Morgan fingerprint density at radius 2 is 1.90 bits per heavy atom. The molecule has 1 unspecified atom stereocenters. The summed E-state index contributed by atoms with van der Waals surface area (Å²) in [5.74, 6) is -0.905. The maximum atomic E-state index is 13.1. The number of ketones is 1. The fraction of sp³-hybridized carbons (Fsp3) is 0.167. The molecule has 0 fully saturated rings. The van der Waals surface area contributed by atoms with E-state index in [0.717, 1.165) is 23.0 Å². The third kappa shape index (κ3) is 2.72. The lowest BCUT2D eigenvalue weighted by molar-refractivity contribution is -0.137. The van der Waals surface area contributed by atoms with Crippen LogP contribution in [0.1, 0.15) is 27.7 Å². The number of allylic oxidation sites excluding steroid dienone is 2. The van der Waals surface area contributed by atoms with Crippen LogP contribution in [0, 0.1) is 0 Å². The SMILES string of the molecule is COC(=O)C1=CC(C(=O)c2ccccc2O)=CN2CCc3c([nH]c4ccccc34)C12. The van der Waals surface area contributed by atoms with Gasteiger partial charge in [-0.3, -0.25) is 4.79 Å². The molecule has 0 saturated heterocycles. The van der Waals surface area contributed by atoms with Gasteiger partial charge in [0.25, 0.3) is 0 Å². The van der Waals surface area contributed by atoms with Gasteiger partial charge < -0.3 is 19.7 Å². The summed E-state index contributed by atoms with van der Waals surface area (Å²) in [6, 6.07) is 14.1. The minimum absolute atomic E-state index is 0.0879. The molecule has 3 heterocycles. The van der Waals surface area contributed by atoms with Gasteiger partial charge in [-0.1, -0.05) is 30.3 Å². The number of methoxy groups -OCH3 is 1. The summed E-state index contributed by atoms with van der Waals surface area (Å²) in [4.78, 5) is 31.2. The Morgan fingerprint density at radius 3 is 2.70 bits per heavy atom. The topological polar surface area (TPSA) is 82.6 Å². The number of phenolic OH excluding ortho intramolecular Hbond substituents is 1. The summed E-state index contributed by atoms with van der Waals surface area (Å²) >= 11 is 0. The summed E-state index contributed by atoms with van der Waals surface area (Å²) in [6.07, 6.45) is 4.15. The predicted molar refractivity (Wildman–Crippen MR) is 112 cm³/mol. The number of nitrogens with zero attached hydrogens (tertiary/aromatic N) is 1. The Bertz CT molecular complexity index is 1250. The maximum absolute atomic E-state index is 13.1. The number of nitrogens with one attached hydrogen (secondary N) is 1. The molecule has 1 atom stereocenters. The van der Waals surface area contributed by atoms with Gasteiger partial charge in [-0.05, 0) is 36.3 Å². The molecule has 1 aromatic heterocycles. The van der Waals surface area contributed by atoms with E-state index in [0.29, 0.717) is 17.7 Å².